The second-order valence-corrected chi connectivity index (χ2v) is 5.98. The first kappa shape index (κ1) is 17.7. The van der Waals surface area contributed by atoms with Gasteiger partial charge >= 0.3 is 11.8 Å². The first-order valence-corrected chi connectivity index (χ1v) is 7.92. The van der Waals surface area contributed by atoms with E-state index in [1.807, 2.05) is 13.0 Å². The van der Waals surface area contributed by atoms with Crippen LogP contribution in [0.15, 0.2) is 47.5 Å². The molecule has 2 amide bonds. The van der Waals surface area contributed by atoms with E-state index in [9.17, 15) is 9.59 Å². The second-order valence-electron chi connectivity index (χ2n) is 5.98. The van der Waals surface area contributed by atoms with Crippen LogP contribution in [0, 0.1) is 6.92 Å². The molecule has 2 heterocycles. The zero-order valence-electron chi connectivity index (χ0n) is 14.1. The molecule has 6 heteroatoms. The van der Waals surface area contributed by atoms with Crippen LogP contribution in [0.5, 0.6) is 0 Å². The van der Waals surface area contributed by atoms with Crippen LogP contribution < -0.4 is 5.32 Å². The molecule has 128 valence electrons. The number of rotatable bonds is 5. The van der Waals surface area contributed by atoms with Gasteiger partial charge in [-0.1, -0.05) is 29.0 Å². The number of aryl methyl sites for hydroxylation is 1. The topological polar surface area (TPSA) is 75.4 Å². The van der Waals surface area contributed by atoms with Crippen molar-refractivity contribution in [1.82, 2.24) is 10.1 Å². The van der Waals surface area contributed by atoms with Crippen molar-refractivity contribution >= 4 is 17.6 Å². The van der Waals surface area contributed by atoms with E-state index in [0.717, 1.165) is 6.42 Å². The standard InChI is InChI=1S/C18H23N3O3/c1-5-7-14-9-12(3)10-15(8-6-2)21(14)18(23)17(22)19-16-11-13(4)24-20-16/h5-6,9,11,14-15H,1-2,7-8,10H2,3-4H3,(H,19,20,22)/t14-,15-/m0/s1. The number of carbonyl (C=O) groups is 2. The lowest BCUT2D eigenvalue weighted by molar-refractivity contribution is -0.146. The highest BCUT2D eigenvalue weighted by atomic mass is 16.5. The molecule has 1 N–H and O–H groups in total. The zero-order chi connectivity index (χ0) is 17.7. The molecule has 1 aromatic rings. The molecule has 0 aliphatic carbocycles. The molecule has 0 unspecified atom stereocenters. The minimum absolute atomic E-state index is 0.0882. The third kappa shape index (κ3) is 4.01. The highest BCUT2D eigenvalue weighted by molar-refractivity contribution is 6.39. The van der Waals surface area contributed by atoms with E-state index in [2.05, 4.69) is 23.6 Å². The summed E-state index contributed by atoms with van der Waals surface area (Å²) in [5, 5.41) is 6.17. The molecule has 2 rings (SSSR count). The summed E-state index contributed by atoms with van der Waals surface area (Å²) in [4.78, 5) is 26.7. The fourth-order valence-electron chi connectivity index (χ4n) is 2.99. The van der Waals surface area contributed by atoms with Crippen molar-refractivity contribution in [2.24, 2.45) is 0 Å². The van der Waals surface area contributed by atoms with Gasteiger partial charge in [-0.05, 0) is 33.1 Å². The van der Waals surface area contributed by atoms with Crippen molar-refractivity contribution < 1.29 is 14.1 Å². The predicted molar refractivity (Wildman–Crippen MR) is 92.3 cm³/mol. The molecule has 24 heavy (non-hydrogen) atoms. The average molecular weight is 329 g/mol. The fourth-order valence-corrected chi connectivity index (χ4v) is 2.99. The predicted octanol–water partition coefficient (Wildman–Crippen LogP) is 2.99. The van der Waals surface area contributed by atoms with E-state index < -0.39 is 11.8 Å². The molecule has 0 radical (unpaired) electrons. The SMILES string of the molecule is C=CC[C@H]1CC(C)=C[C@H](CC=C)N1C(=O)C(=O)Nc1cc(C)on1. The summed E-state index contributed by atoms with van der Waals surface area (Å²) in [5.41, 5.74) is 1.20. The second kappa shape index (κ2) is 7.77. The van der Waals surface area contributed by atoms with E-state index in [0.29, 0.717) is 18.6 Å². The summed E-state index contributed by atoms with van der Waals surface area (Å²) in [6, 6.07) is 1.29. The molecule has 1 aliphatic rings. The van der Waals surface area contributed by atoms with Crippen LogP contribution in [-0.4, -0.2) is 34.0 Å². The van der Waals surface area contributed by atoms with Gasteiger partial charge in [-0.15, -0.1) is 13.2 Å². The van der Waals surface area contributed by atoms with Gasteiger partial charge in [0.25, 0.3) is 0 Å². The molecule has 1 aromatic heterocycles. The van der Waals surface area contributed by atoms with Crippen LogP contribution in [0.25, 0.3) is 0 Å². The number of amides is 2. The lowest BCUT2D eigenvalue weighted by Gasteiger charge is -2.39. The molecule has 0 saturated carbocycles. The smallest absolute Gasteiger partial charge is 0.315 e. The maximum Gasteiger partial charge on any atom is 0.315 e. The van der Waals surface area contributed by atoms with E-state index in [1.54, 1.807) is 30.0 Å². The summed E-state index contributed by atoms with van der Waals surface area (Å²) in [6.07, 6.45) is 7.49. The number of nitrogens with one attached hydrogen (secondary N) is 1. The summed E-state index contributed by atoms with van der Waals surface area (Å²) in [7, 11) is 0. The van der Waals surface area contributed by atoms with E-state index in [1.165, 1.54) is 5.57 Å². The quantitative estimate of drug-likeness (QED) is 0.665. The van der Waals surface area contributed by atoms with Crippen molar-refractivity contribution in [2.75, 3.05) is 5.32 Å². The maximum atomic E-state index is 12.7. The molecular formula is C18H23N3O3. The summed E-state index contributed by atoms with van der Waals surface area (Å²) < 4.78 is 4.90. The number of hydrogen-bond acceptors (Lipinski definition) is 4. The Bertz CT molecular complexity index is 675. The van der Waals surface area contributed by atoms with Gasteiger partial charge in [-0.3, -0.25) is 14.9 Å². The van der Waals surface area contributed by atoms with Gasteiger partial charge in [0.1, 0.15) is 5.76 Å². The van der Waals surface area contributed by atoms with E-state index in [4.69, 9.17) is 4.52 Å². The molecule has 0 saturated heterocycles. The Kier molecular flexibility index (Phi) is 5.73. The molecule has 1 aliphatic heterocycles. The molecular weight excluding hydrogens is 306 g/mol. The Morgan fingerprint density at radius 3 is 2.67 bits per heavy atom. The maximum absolute atomic E-state index is 12.7. The number of anilines is 1. The molecule has 0 fully saturated rings. The van der Waals surface area contributed by atoms with Crippen molar-refractivity contribution in [3.05, 3.63) is 48.8 Å². The first-order chi connectivity index (χ1) is 11.5. The lowest BCUT2D eigenvalue weighted by atomic mass is 9.92. The molecule has 0 aromatic carbocycles. The Morgan fingerprint density at radius 2 is 2.08 bits per heavy atom. The van der Waals surface area contributed by atoms with Crippen molar-refractivity contribution in [2.45, 2.75) is 45.2 Å². The Hall–Kier alpha value is -2.63. The minimum atomic E-state index is -0.723. The van der Waals surface area contributed by atoms with Crippen molar-refractivity contribution in [3.63, 3.8) is 0 Å². The molecule has 6 nitrogen and oxygen atoms in total. The number of aromatic nitrogens is 1. The highest BCUT2D eigenvalue weighted by Gasteiger charge is 2.35. The summed E-state index contributed by atoms with van der Waals surface area (Å²) in [5.74, 6) is -0.518. The normalized spacial score (nSPS) is 20.2. The summed E-state index contributed by atoms with van der Waals surface area (Å²) >= 11 is 0. The average Bonchev–Trinajstić information content (AvgIpc) is 2.92. The molecule has 2 atom stereocenters. The Morgan fingerprint density at radius 1 is 1.38 bits per heavy atom. The fraction of sp³-hybridized carbons (Fsp3) is 0.389. The number of nitrogens with zero attached hydrogens (tertiary/aromatic N) is 2. The monoisotopic (exact) mass is 329 g/mol. The van der Waals surface area contributed by atoms with Crippen LogP contribution >= 0.6 is 0 Å². The number of carbonyl (C=O) groups excluding carboxylic acids is 2. The van der Waals surface area contributed by atoms with Crippen LogP contribution in [0.4, 0.5) is 5.82 Å². The van der Waals surface area contributed by atoms with Crippen LogP contribution in [0.2, 0.25) is 0 Å². The van der Waals surface area contributed by atoms with Gasteiger partial charge in [0.05, 0.1) is 6.04 Å². The third-order valence-electron chi connectivity index (χ3n) is 3.93. The third-order valence-corrected chi connectivity index (χ3v) is 3.93. The van der Waals surface area contributed by atoms with Crippen molar-refractivity contribution in [1.29, 1.82) is 0 Å². The van der Waals surface area contributed by atoms with Gasteiger partial charge in [-0.2, -0.15) is 0 Å². The zero-order valence-corrected chi connectivity index (χ0v) is 14.1. The Labute approximate surface area is 141 Å². The van der Waals surface area contributed by atoms with Gasteiger partial charge < -0.3 is 9.42 Å². The van der Waals surface area contributed by atoms with Crippen LogP contribution in [-0.2, 0) is 9.59 Å². The largest absolute Gasteiger partial charge is 0.360 e. The lowest BCUT2D eigenvalue weighted by Crippen LogP contribution is -2.52. The molecule has 0 bridgehead atoms. The first-order valence-electron chi connectivity index (χ1n) is 7.92. The Balaban J connectivity index is 2.22. The highest BCUT2D eigenvalue weighted by Crippen LogP contribution is 2.27. The molecule has 0 spiro atoms. The van der Waals surface area contributed by atoms with Crippen LogP contribution in [0.3, 0.4) is 0 Å². The van der Waals surface area contributed by atoms with Crippen molar-refractivity contribution in [3.8, 4) is 0 Å². The van der Waals surface area contributed by atoms with Gasteiger partial charge in [0.2, 0.25) is 0 Å². The minimum Gasteiger partial charge on any atom is -0.360 e. The van der Waals surface area contributed by atoms with Gasteiger partial charge in [0, 0.05) is 12.1 Å². The van der Waals surface area contributed by atoms with E-state index in [-0.39, 0.29) is 17.9 Å². The number of hydrogen-bond donors (Lipinski definition) is 1. The van der Waals surface area contributed by atoms with Gasteiger partial charge in [-0.25, -0.2) is 0 Å². The summed E-state index contributed by atoms with van der Waals surface area (Å²) in [6.45, 7) is 11.3. The van der Waals surface area contributed by atoms with E-state index >= 15 is 0 Å². The van der Waals surface area contributed by atoms with Gasteiger partial charge in [0.15, 0.2) is 5.82 Å². The van der Waals surface area contributed by atoms with Crippen LogP contribution in [0.1, 0.15) is 31.9 Å².